The van der Waals surface area contributed by atoms with Crippen LogP contribution in [-0.4, -0.2) is 22.5 Å². The molecule has 0 saturated heterocycles. The van der Waals surface area contributed by atoms with E-state index in [0.29, 0.717) is 18.8 Å². The van der Waals surface area contributed by atoms with Crippen LogP contribution in [0, 0.1) is 6.92 Å². The summed E-state index contributed by atoms with van der Waals surface area (Å²) < 4.78 is 29.6. The topological polar surface area (TPSA) is 55.2 Å². The lowest BCUT2D eigenvalue weighted by molar-refractivity contribution is 0.400. The van der Waals surface area contributed by atoms with Gasteiger partial charge in [-0.15, -0.1) is 0 Å². The summed E-state index contributed by atoms with van der Waals surface area (Å²) in [5.41, 5.74) is 2.53. The smallest absolute Gasteiger partial charge is 0.247 e. The summed E-state index contributed by atoms with van der Waals surface area (Å²) in [5, 5.41) is 4.09. The Hall–Kier alpha value is -2.44. The molecule has 3 rings (SSSR count). The van der Waals surface area contributed by atoms with Crippen molar-refractivity contribution in [1.82, 2.24) is 14.1 Å². The molecule has 6 heteroatoms. The first-order valence-corrected chi connectivity index (χ1v) is 9.49. The molecule has 1 heterocycles. The van der Waals surface area contributed by atoms with E-state index in [1.807, 2.05) is 60.7 Å². The number of hydrogen-bond acceptors (Lipinski definition) is 3. The van der Waals surface area contributed by atoms with Gasteiger partial charge in [-0.3, -0.25) is 4.68 Å². The van der Waals surface area contributed by atoms with E-state index >= 15 is 0 Å². The van der Waals surface area contributed by atoms with Crippen LogP contribution in [0.3, 0.4) is 0 Å². The highest BCUT2D eigenvalue weighted by atomic mass is 32.2. The van der Waals surface area contributed by atoms with Crippen molar-refractivity contribution in [3.05, 3.63) is 83.7 Å². The van der Waals surface area contributed by atoms with Gasteiger partial charge in [0.2, 0.25) is 10.0 Å². The van der Waals surface area contributed by atoms with Gasteiger partial charge in [-0.2, -0.15) is 9.40 Å². The Balaban J connectivity index is 1.99. The van der Waals surface area contributed by atoms with E-state index in [2.05, 4.69) is 5.10 Å². The lowest BCUT2D eigenvalue weighted by Gasteiger charge is -2.22. The fraction of sp³-hybridized carbons (Fsp3) is 0.211. The first-order valence-electron chi connectivity index (χ1n) is 8.05. The van der Waals surface area contributed by atoms with Crippen LogP contribution in [0.2, 0.25) is 0 Å². The highest BCUT2D eigenvalue weighted by Gasteiger charge is 2.28. The minimum absolute atomic E-state index is 0.252. The van der Waals surface area contributed by atoms with Gasteiger partial charge in [0.1, 0.15) is 4.90 Å². The Morgan fingerprint density at radius 1 is 0.920 bits per heavy atom. The molecule has 0 unspecified atom stereocenters. The monoisotopic (exact) mass is 355 g/mol. The summed E-state index contributed by atoms with van der Waals surface area (Å²) in [7, 11) is -1.91. The fourth-order valence-corrected chi connectivity index (χ4v) is 4.27. The van der Waals surface area contributed by atoms with E-state index < -0.39 is 10.0 Å². The third-order valence-corrected chi connectivity index (χ3v) is 6.11. The largest absolute Gasteiger partial charge is 0.272 e. The number of aryl methyl sites for hydroxylation is 1. The van der Waals surface area contributed by atoms with Crippen molar-refractivity contribution in [2.45, 2.75) is 24.9 Å². The summed E-state index contributed by atoms with van der Waals surface area (Å²) in [6, 6.07) is 19.2. The molecule has 25 heavy (non-hydrogen) atoms. The van der Waals surface area contributed by atoms with Crippen LogP contribution in [0.25, 0.3) is 0 Å². The van der Waals surface area contributed by atoms with Gasteiger partial charge in [-0.25, -0.2) is 8.42 Å². The molecule has 0 radical (unpaired) electrons. The van der Waals surface area contributed by atoms with Gasteiger partial charge in [-0.05, 0) is 18.1 Å². The van der Waals surface area contributed by atoms with Gasteiger partial charge >= 0.3 is 0 Å². The Kier molecular flexibility index (Phi) is 5.01. The lowest BCUT2D eigenvalue weighted by atomic mass is 10.2. The predicted octanol–water partition coefficient (Wildman–Crippen LogP) is 3.12. The number of sulfonamides is 1. The zero-order valence-electron chi connectivity index (χ0n) is 14.3. The van der Waals surface area contributed by atoms with E-state index in [-0.39, 0.29) is 4.90 Å². The van der Waals surface area contributed by atoms with Crippen molar-refractivity contribution in [3.63, 3.8) is 0 Å². The Morgan fingerprint density at radius 3 is 1.80 bits per heavy atom. The summed E-state index contributed by atoms with van der Waals surface area (Å²) >= 11 is 0. The molecular weight excluding hydrogens is 334 g/mol. The van der Waals surface area contributed by atoms with Gasteiger partial charge in [0.05, 0.1) is 11.9 Å². The summed E-state index contributed by atoms with van der Waals surface area (Å²) in [6.45, 7) is 2.39. The summed E-state index contributed by atoms with van der Waals surface area (Å²) in [4.78, 5) is 0.252. The third-order valence-electron chi connectivity index (χ3n) is 4.21. The van der Waals surface area contributed by atoms with Crippen molar-refractivity contribution in [1.29, 1.82) is 0 Å². The number of benzene rings is 2. The number of rotatable bonds is 6. The quantitative estimate of drug-likeness (QED) is 0.683. The average Bonchev–Trinajstić information content (AvgIpc) is 2.96. The molecule has 0 aliphatic rings. The molecule has 130 valence electrons. The van der Waals surface area contributed by atoms with Gasteiger partial charge in [0, 0.05) is 20.1 Å². The molecule has 0 fully saturated rings. The zero-order valence-corrected chi connectivity index (χ0v) is 15.1. The molecule has 0 saturated carbocycles. The molecule has 1 aromatic heterocycles. The molecule has 0 bridgehead atoms. The molecular formula is C19H21N3O2S. The molecule has 3 aromatic rings. The van der Waals surface area contributed by atoms with Crippen LogP contribution in [0.4, 0.5) is 0 Å². The Bertz CT molecular complexity index is 894. The second-order valence-corrected chi connectivity index (χ2v) is 7.87. The molecule has 2 aromatic carbocycles. The Morgan fingerprint density at radius 2 is 1.40 bits per heavy atom. The van der Waals surface area contributed by atoms with E-state index in [9.17, 15) is 8.42 Å². The molecule has 0 N–H and O–H groups in total. The van der Waals surface area contributed by atoms with Crippen LogP contribution in [-0.2, 0) is 30.2 Å². The summed E-state index contributed by atoms with van der Waals surface area (Å²) in [5.74, 6) is 0. The average molecular weight is 355 g/mol. The van der Waals surface area contributed by atoms with Crippen LogP contribution in [0.5, 0.6) is 0 Å². The lowest BCUT2D eigenvalue weighted by Crippen LogP contribution is -2.30. The first-order chi connectivity index (χ1) is 12.0. The van der Waals surface area contributed by atoms with Crippen LogP contribution >= 0.6 is 0 Å². The maximum Gasteiger partial charge on any atom is 0.247 e. The van der Waals surface area contributed by atoms with Crippen molar-refractivity contribution in [2.75, 3.05) is 0 Å². The van der Waals surface area contributed by atoms with Crippen LogP contribution in [0.1, 0.15) is 16.8 Å². The fourth-order valence-electron chi connectivity index (χ4n) is 2.67. The minimum atomic E-state index is -3.66. The van der Waals surface area contributed by atoms with E-state index in [0.717, 1.165) is 11.1 Å². The zero-order chi connectivity index (χ0) is 17.9. The maximum atomic E-state index is 13.2. The molecule has 0 spiro atoms. The first kappa shape index (κ1) is 17.4. The van der Waals surface area contributed by atoms with Crippen molar-refractivity contribution >= 4 is 10.0 Å². The standard InChI is InChI=1S/C19H21N3O2S/c1-16-19(13-20-21(16)2)25(23,24)22(14-17-9-5-3-6-10-17)15-18-11-7-4-8-12-18/h3-13H,14-15H2,1-2H3. The molecule has 0 aliphatic heterocycles. The van der Waals surface area contributed by atoms with Gasteiger partial charge < -0.3 is 0 Å². The SMILES string of the molecule is Cc1c(S(=O)(=O)N(Cc2ccccc2)Cc2ccccc2)cnn1C. The van der Waals surface area contributed by atoms with Gasteiger partial charge in [-0.1, -0.05) is 60.7 Å². The van der Waals surface area contributed by atoms with Gasteiger partial charge in [0.15, 0.2) is 0 Å². The predicted molar refractivity (Wildman–Crippen MR) is 97.3 cm³/mol. The van der Waals surface area contributed by atoms with Crippen molar-refractivity contribution < 1.29 is 8.42 Å². The molecule has 0 atom stereocenters. The molecule has 0 amide bonds. The maximum absolute atomic E-state index is 13.2. The van der Waals surface area contributed by atoms with E-state index in [1.54, 1.807) is 18.7 Å². The van der Waals surface area contributed by atoms with Crippen molar-refractivity contribution in [3.8, 4) is 0 Å². The van der Waals surface area contributed by atoms with Crippen LogP contribution < -0.4 is 0 Å². The highest BCUT2D eigenvalue weighted by Crippen LogP contribution is 2.23. The van der Waals surface area contributed by atoms with E-state index in [1.165, 1.54) is 10.5 Å². The van der Waals surface area contributed by atoms with E-state index in [4.69, 9.17) is 0 Å². The highest BCUT2D eigenvalue weighted by molar-refractivity contribution is 7.89. The number of aromatic nitrogens is 2. The third kappa shape index (κ3) is 3.81. The van der Waals surface area contributed by atoms with Crippen LogP contribution in [0.15, 0.2) is 71.8 Å². The second kappa shape index (κ2) is 7.21. The Labute approximate surface area is 148 Å². The normalized spacial score (nSPS) is 11.8. The second-order valence-electron chi connectivity index (χ2n) is 5.96. The number of hydrogen-bond donors (Lipinski definition) is 0. The number of nitrogens with zero attached hydrogens (tertiary/aromatic N) is 3. The van der Waals surface area contributed by atoms with Crippen molar-refractivity contribution in [2.24, 2.45) is 7.05 Å². The minimum Gasteiger partial charge on any atom is -0.272 e. The molecule has 0 aliphatic carbocycles. The van der Waals surface area contributed by atoms with Gasteiger partial charge in [0.25, 0.3) is 0 Å². The summed E-state index contributed by atoms with van der Waals surface area (Å²) in [6.07, 6.45) is 1.42. The molecule has 5 nitrogen and oxygen atoms in total.